The molecule has 0 N–H and O–H groups in total. The maximum absolute atomic E-state index is 5.67. The van der Waals surface area contributed by atoms with Gasteiger partial charge in [0, 0.05) is 12.5 Å². The van der Waals surface area contributed by atoms with Crippen molar-refractivity contribution < 1.29 is 4.74 Å². The lowest BCUT2D eigenvalue weighted by Gasteiger charge is -2.44. The summed E-state index contributed by atoms with van der Waals surface area (Å²) in [6.45, 7) is 6.76. The highest BCUT2D eigenvalue weighted by Gasteiger charge is 2.44. The standard InChI is InChI=1S/C9H18OS2/c1-8(2,3)9(10-4)11-6-5-7-12-9/h5-7H2,1-4H3. The van der Waals surface area contributed by atoms with Gasteiger partial charge in [-0.1, -0.05) is 20.8 Å². The summed E-state index contributed by atoms with van der Waals surface area (Å²) in [5.41, 5.74) is 0.220. The maximum Gasteiger partial charge on any atom is 0.164 e. The zero-order chi connectivity index (χ0) is 9.24. The van der Waals surface area contributed by atoms with E-state index in [9.17, 15) is 0 Å². The van der Waals surface area contributed by atoms with E-state index in [-0.39, 0.29) is 9.68 Å². The van der Waals surface area contributed by atoms with E-state index in [4.69, 9.17) is 4.74 Å². The molecule has 0 aromatic rings. The average Bonchev–Trinajstić information content (AvgIpc) is 2.04. The minimum atomic E-state index is -0.00868. The van der Waals surface area contributed by atoms with Crippen LogP contribution in [-0.4, -0.2) is 22.9 Å². The van der Waals surface area contributed by atoms with Crippen molar-refractivity contribution in [1.29, 1.82) is 0 Å². The summed E-state index contributed by atoms with van der Waals surface area (Å²) in [6.07, 6.45) is 1.32. The first-order chi connectivity index (χ1) is 5.52. The van der Waals surface area contributed by atoms with Gasteiger partial charge in [-0.2, -0.15) is 0 Å². The van der Waals surface area contributed by atoms with Gasteiger partial charge in [0.1, 0.15) is 0 Å². The second-order valence-electron chi connectivity index (χ2n) is 4.06. The second kappa shape index (κ2) is 3.81. The molecule has 0 radical (unpaired) electrons. The highest BCUT2D eigenvalue weighted by molar-refractivity contribution is 8.18. The molecule has 1 nitrogen and oxygen atoms in total. The summed E-state index contributed by atoms with van der Waals surface area (Å²) in [5, 5.41) is 0. The van der Waals surface area contributed by atoms with Gasteiger partial charge in [0.05, 0.1) is 0 Å². The molecule has 3 heteroatoms. The summed E-state index contributed by atoms with van der Waals surface area (Å²) < 4.78 is 5.66. The van der Waals surface area contributed by atoms with Gasteiger partial charge in [-0.25, -0.2) is 0 Å². The van der Waals surface area contributed by atoms with Crippen LogP contribution in [0.3, 0.4) is 0 Å². The van der Waals surface area contributed by atoms with Crippen LogP contribution in [-0.2, 0) is 4.74 Å². The third-order valence-electron chi connectivity index (χ3n) is 2.06. The summed E-state index contributed by atoms with van der Waals surface area (Å²) >= 11 is 3.92. The minimum Gasteiger partial charge on any atom is -0.358 e. The van der Waals surface area contributed by atoms with Gasteiger partial charge >= 0.3 is 0 Å². The van der Waals surface area contributed by atoms with Crippen LogP contribution in [0.2, 0.25) is 0 Å². The molecule has 0 atom stereocenters. The molecular weight excluding hydrogens is 188 g/mol. The molecule has 0 aromatic carbocycles. The molecule has 0 bridgehead atoms. The molecule has 0 unspecified atom stereocenters. The first kappa shape index (κ1) is 10.7. The number of methoxy groups -OCH3 is 1. The molecule has 0 amide bonds. The van der Waals surface area contributed by atoms with E-state index in [1.807, 2.05) is 30.6 Å². The van der Waals surface area contributed by atoms with Crippen molar-refractivity contribution in [2.75, 3.05) is 18.6 Å². The Bertz CT molecular complexity index is 145. The van der Waals surface area contributed by atoms with Crippen LogP contribution >= 0.6 is 23.5 Å². The van der Waals surface area contributed by atoms with Crippen molar-refractivity contribution in [3.8, 4) is 0 Å². The van der Waals surface area contributed by atoms with Crippen LogP contribution in [0.25, 0.3) is 0 Å². The number of ether oxygens (including phenoxy) is 1. The maximum atomic E-state index is 5.67. The normalized spacial score (nSPS) is 24.0. The smallest absolute Gasteiger partial charge is 0.164 e. The van der Waals surface area contributed by atoms with Crippen molar-refractivity contribution in [3.63, 3.8) is 0 Å². The lowest BCUT2D eigenvalue weighted by molar-refractivity contribution is 0.0571. The molecule has 1 saturated heterocycles. The molecule has 1 heterocycles. The molecule has 1 fully saturated rings. The van der Waals surface area contributed by atoms with E-state index in [0.717, 1.165) is 0 Å². The lowest BCUT2D eigenvalue weighted by atomic mass is 9.97. The Balaban J connectivity index is 2.73. The Kier molecular flexibility index (Phi) is 3.41. The Morgan fingerprint density at radius 2 is 1.67 bits per heavy atom. The Morgan fingerprint density at radius 3 is 1.92 bits per heavy atom. The van der Waals surface area contributed by atoms with E-state index >= 15 is 0 Å². The first-order valence-electron chi connectivity index (χ1n) is 4.35. The average molecular weight is 206 g/mol. The molecule has 0 aromatic heterocycles. The Hall–Kier alpha value is 0.660. The number of thioether (sulfide) groups is 2. The summed E-state index contributed by atoms with van der Waals surface area (Å²) in [5.74, 6) is 2.47. The molecule has 1 rings (SSSR count). The Morgan fingerprint density at radius 1 is 1.17 bits per heavy atom. The van der Waals surface area contributed by atoms with Gasteiger partial charge < -0.3 is 4.74 Å². The van der Waals surface area contributed by atoms with Crippen LogP contribution < -0.4 is 0 Å². The summed E-state index contributed by atoms with van der Waals surface area (Å²) in [6, 6.07) is 0. The molecule has 0 aliphatic carbocycles. The fourth-order valence-corrected chi connectivity index (χ4v) is 4.60. The fraction of sp³-hybridized carbons (Fsp3) is 1.00. The predicted molar refractivity (Wildman–Crippen MR) is 58.7 cm³/mol. The van der Waals surface area contributed by atoms with Crippen LogP contribution in [0, 0.1) is 5.41 Å². The first-order valence-corrected chi connectivity index (χ1v) is 6.32. The van der Waals surface area contributed by atoms with Crippen molar-refractivity contribution >= 4 is 23.5 Å². The van der Waals surface area contributed by atoms with Crippen LogP contribution in [0.4, 0.5) is 0 Å². The van der Waals surface area contributed by atoms with Gasteiger partial charge in [-0.15, -0.1) is 23.5 Å². The van der Waals surface area contributed by atoms with E-state index in [1.165, 1.54) is 17.9 Å². The molecule has 1 aliphatic heterocycles. The van der Waals surface area contributed by atoms with Gasteiger partial charge in [0.15, 0.2) is 4.27 Å². The highest BCUT2D eigenvalue weighted by Crippen LogP contribution is 2.53. The quantitative estimate of drug-likeness (QED) is 0.652. The zero-order valence-corrected chi connectivity index (χ0v) is 9.98. The van der Waals surface area contributed by atoms with Crippen LogP contribution in [0.1, 0.15) is 27.2 Å². The predicted octanol–water partition coefficient (Wildman–Crippen LogP) is 3.20. The van der Waals surface area contributed by atoms with Crippen LogP contribution in [0.5, 0.6) is 0 Å². The molecule has 0 spiro atoms. The van der Waals surface area contributed by atoms with E-state index < -0.39 is 0 Å². The van der Waals surface area contributed by atoms with Crippen molar-refractivity contribution in [1.82, 2.24) is 0 Å². The molecule has 1 aliphatic rings. The summed E-state index contributed by atoms with van der Waals surface area (Å²) in [7, 11) is 1.83. The van der Waals surface area contributed by atoms with E-state index in [2.05, 4.69) is 20.8 Å². The second-order valence-corrected chi connectivity index (χ2v) is 6.86. The molecule has 12 heavy (non-hydrogen) atoms. The monoisotopic (exact) mass is 206 g/mol. The van der Waals surface area contributed by atoms with Crippen molar-refractivity contribution in [2.24, 2.45) is 5.41 Å². The van der Waals surface area contributed by atoms with Crippen molar-refractivity contribution in [2.45, 2.75) is 31.5 Å². The largest absolute Gasteiger partial charge is 0.358 e. The number of rotatable bonds is 1. The number of hydrogen-bond acceptors (Lipinski definition) is 3. The van der Waals surface area contributed by atoms with Crippen LogP contribution in [0.15, 0.2) is 0 Å². The van der Waals surface area contributed by atoms with E-state index in [1.54, 1.807) is 0 Å². The lowest BCUT2D eigenvalue weighted by Crippen LogP contribution is -2.40. The molecule has 72 valence electrons. The topological polar surface area (TPSA) is 9.23 Å². The highest BCUT2D eigenvalue weighted by atomic mass is 32.2. The molecular formula is C9H18OS2. The number of hydrogen-bond donors (Lipinski definition) is 0. The summed E-state index contributed by atoms with van der Waals surface area (Å²) in [4.78, 5) is 0. The van der Waals surface area contributed by atoms with Gasteiger partial charge in [0.2, 0.25) is 0 Å². The third kappa shape index (κ3) is 1.94. The van der Waals surface area contributed by atoms with Crippen molar-refractivity contribution in [3.05, 3.63) is 0 Å². The SMILES string of the molecule is COC1(C(C)(C)C)SCCCS1. The third-order valence-corrected chi connectivity index (χ3v) is 6.07. The van der Waals surface area contributed by atoms with E-state index in [0.29, 0.717) is 0 Å². The van der Waals surface area contributed by atoms with Gasteiger partial charge in [-0.05, 0) is 17.9 Å². The molecule has 0 saturated carbocycles. The van der Waals surface area contributed by atoms with Gasteiger partial charge in [-0.3, -0.25) is 0 Å². The Labute approximate surface area is 84.0 Å². The fourth-order valence-electron chi connectivity index (χ4n) is 1.37. The minimum absolute atomic E-state index is 0.00868. The zero-order valence-electron chi connectivity index (χ0n) is 8.35. The van der Waals surface area contributed by atoms with Gasteiger partial charge in [0.25, 0.3) is 0 Å².